The van der Waals surface area contributed by atoms with Crippen LogP contribution >= 0.6 is 0 Å². The number of hydrogen-bond acceptors (Lipinski definition) is 4. The second-order valence-electron chi connectivity index (χ2n) is 9.30. The number of benzene rings is 4. The summed E-state index contributed by atoms with van der Waals surface area (Å²) in [4.78, 5) is 22.7. The number of amides is 1. The third kappa shape index (κ3) is 5.78. The highest BCUT2D eigenvalue weighted by molar-refractivity contribution is 5.96. The van der Waals surface area contributed by atoms with Crippen molar-refractivity contribution in [1.82, 2.24) is 14.9 Å². The highest BCUT2D eigenvalue weighted by Gasteiger charge is 2.35. The number of halogens is 4. The van der Waals surface area contributed by atoms with E-state index in [4.69, 9.17) is 0 Å². The molecular formula is C31H24F4N4O. The zero-order valence-corrected chi connectivity index (χ0v) is 21.4. The molecule has 4 aromatic carbocycles. The van der Waals surface area contributed by atoms with Crippen molar-refractivity contribution in [3.05, 3.63) is 125 Å². The SMILES string of the molecule is CN(Cc1cc(-c2ccc3ncnc(NCc4ccccc4)c3c2)ccc1F)C(=O)c1ccccc1C(F)(F)F. The molecule has 0 atom stereocenters. The summed E-state index contributed by atoms with van der Waals surface area (Å²) in [6.07, 6.45) is -3.21. The Kier molecular flexibility index (Phi) is 7.46. The van der Waals surface area contributed by atoms with E-state index in [2.05, 4.69) is 15.3 Å². The molecule has 0 aliphatic heterocycles. The summed E-state index contributed by atoms with van der Waals surface area (Å²) < 4.78 is 55.1. The molecule has 0 saturated heterocycles. The standard InChI is InChI=1S/C31H24F4N4O/c1-39(30(40)24-9-5-6-10-26(24)31(33,34)35)18-23-15-21(11-13-27(23)32)22-12-14-28-25(16-22)29(38-19-37-28)36-17-20-7-3-2-4-8-20/h2-16,19H,17-18H2,1H3,(H,36,37,38). The van der Waals surface area contributed by atoms with Gasteiger partial charge in [0, 0.05) is 31.1 Å². The summed E-state index contributed by atoms with van der Waals surface area (Å²) in [5.74, 6) is -0.775. The van der Waals surface area contributed by atoms with Crippen molar-refractivity contribution in [1.29, 1.82) is 0 Å². The Balaban J connectivity index is 1.41. The lowest BCUT2D eigenvalue weighted by atomic mass is 10.0. The Labute approximate surface area is 228 Å². The highest BCUT2D eigenvalue weighted by atomic mass is 19.4. The van der Waals surface area contributed by atoms with Crippen molar-refractivity contribution in [3.63, 3.8) is 0 Å². The minimum Gasteiger partial charge on any atom is -0.365 e. The van der Waals surface area contributed by atoms with E-state index in [-0.39, 0.29) is 12.1 Å². The maximum atomic E-state index is 14.8. The fourth-order valence-corrected chi connectivity index (χ4v) is 4.48. The number of aromatic nitrogens is 2. The van der Waals surface area contributed by atoms with Crippen LogP contribution in [0.15, 0.2) is 97.3 Å². The van der Waals surface area contributed by atoms with E-state index >= 15 is 0 Å². The van der Waals surface area contributed by atoms with Crippen molar-refractivity contribution >= 4 is 22.6 Å². The van der Waals surface area contributed by atoms with Gasteiger partial charge < -0.3 is 10.2 Å². The molecule has 1 aromatic heterocycles. The van der Waals surface area contributed by atoms with E-state index in [0.717, 1.165) is 39.1 Å². The van der Waals surface area contributed by atoms with Gasteiger partial charge in [-0.3, -0.25) is 4.79 Å². The lowest BCUT2D eigenvalue weighted by molar-refractivity contribution is -0.138. The van der Waals surface area contributed by atoms with Gasteiger partial charge in [0.15, 0.2) is 0 Å². The van der Waals surface area contributed by atoms with Crippen LogP contribution in [0.25, 0.3) is 22.0 Å². The predicted molar refractivity (Wildman–Crippen MR) is 146 cm³/mol. The molecule has 5 nitrogen and oxygen atoms in total. The maximum absolute atomic E-state index is 14.8. The van der Waals surface area contributed by atoms with Gasteiger partial charge in [-0.25, -0.2) is 14.4 Å². The topological polar surface area (TPSA) is 58.1 Å². The van der Waals surface area contributed by atoms with Crippen LogP contribution in [0.3, 0.4) is 0 Å². The summed E-state index contributed by atoms with van der Waals surface area (Å²) in [7, 11) is 1.35. The van der Waals surface area contributed by atoms with Crippen LogP contribution in [-0.4, -0.2) is 27.8 Å². The number of carbonyl (C=O) groups excluding carboxylic acids is 1. The van der Waals surface area contributed by atoms with Gasteiger partial charge in [-0.05, 0) is 53.1 Å². The summed E-state index contributed by atoms with van der Waals surface area (Å²) in [5, 5.41) is 4.11. The van der Waals surface area contributed by atoms with Crippen molar-refractivity contribution in [2.45, 2.75) is 19.3 Å². The molecule has 5 aromatic rings. The zero-order chi connectivity index (χ0) is 28.3. The van der Waals surface area contributed by atoms with Gasteiger partial charge in [0.05, 0.1) is 16.6 Å². The molecule has 0 fully saturated rings. The lowest BCUT2D eigenvalue weighted by Gasteiger charge is -2.20. The third-order valence-electron chi connectivity index (χ3n) is 6.53. The normalized spacial score (nSPS) is 11.4. The fourth-order valence-electron chi connectivity index (χ4n) is 4.48. The smallest absolute Gasteiger partial charge is 0.365 e. The predicted octanol–water partition coefficient (Wildman–Crippen LogP) is 7.34. The van der Waals surface area contributed by atoms with Crippen LogP contribution in [0.5, 0.6) is 0 Å². The molecule has 0 bridgehead atoms. The Bertz CT molecular complexity index is 1670. The minimum atomic E-state index is -4.69. The van der Waals surface area contributed by atoms with Crippen molar-refractivity contribution in [2.24, 2.45) is 0 Å². The maximum Gasteiger partial charge on any atom is 0.417 e. The Morgan fingerprint density at radius 1 is 0.875 bits per heavy atom. The van der Waals surface area contributed by atoms with Crippen LogP contribution in [0, 0.1) is 5.82 Å². The van der Waals surface area contributed by atoms with Crippen LogP contribution < -0.4 is 5.32 Å². The minimum absolute atomic E-state index is 0.171. The largest absolute Gasteiger partial charge is 0.417 e. The van der Waals surface area contributed by atoms with E-state index in [1.807, 2.05) is 48.5 Å². The van der Waals surface area contributed by atoms with Crippen molar-refractivity contribution < 1.29 is 22.4 Å². The van der Waals surface area contributed by atoms with Gasteiger partial charge in [0.25, 0.3) is 5.91 Å². The Morgan fingerprint density at radius 3 is 2.35 bits per heavy atom. The summed E-state index contributed by atoms with van der Waals surface area (Å²) in [6, 6.07) is 24.5. The number of nitrogens with zero attached hydrogens (tertiary/aromatic N) is 3. The average molecular weight is 545 g/mol. The number of alkyl halides is 3. The van der Waals surface area contributed by atoms with Gasteiger partial charge in [-0.15, -0.1) is 0 Å². The Hall–Kier alpha value is -4.79. The van der Waals surface area contributed by atoms with E-state index in [9.17, 15) is 22.4 Å². The molecule has 0 aliphatic carbocycles. The van der Waals surface area contributed by atoms with E-state index < -0.39 is 29.0 Å². The fraction of sp³-hybridized carbons (Fsp3) is 0.129. The van der Waals surface area contributed by atoms with Gasteiger partial charge >= 0.3 is 6.18 Å². The molecule has 1 N–H and O–H groups in total. The molecular weight excluding hydrogens is 520 g/mol. The number of nitrogens with one attached hydrogen (secondary N) is 1. The molecule has 0 radical (unpaired) electrons. The summed E-state index contributed by atoms with van der Waals surface area (Å²) in [5.41, 5.74) is 1.91. The lowest BCUT2D eigenvalue weighted by Crippen LogP contribution is -2.28. The van der Waals surface area contributed by atoms with Gasteiger partial charge in [0.2, 0.25) is 0 Å². The molecule has 0 unspecified atom stereocenters. The van der Waals surface area contributed by atoms with Gasteiger partial charge in [0.1, 0.15) is 18.0 Å². The molecule has 40 heavy (non-hydrogen) atoms. The van der Waals surface area contributed by atoms with Crippen molar-refractivity contribution in [3.8, 4) is 11.1 Å². The zero-order valence-electron chi connectivity index (χ0n) is 21.4. The number of carbonyl (C=O) groups is 1. The number of fused-ring (bicyclic) bond motifs is 1. The van der Waals surface area contributed by atoms with Gasteiger partial charge in [-0.1, -0.05) is 54.6 Å². The van der Waals surface area contributed by atoms with Crippen LogP contribution in [0.4, 0.5) is 23.4 Å². The first-order valence-electron chi connectivity index (χ1n) is 12.4. The molecule has 5 rings (SSSR count). The molecule has 202 valence electrons. The van der Waals surface area contributed by atoms with Gasteiger partial charge in [-0.2, -0.15) is 13.2 Å². The second kappa shape index (κ2) is 11.1. The monoisotopic (exact) mass is 544 g/mol. The molecule has 0 aliphatic rings. The number of rotatable bonds is 7. The summed E-state index contributed by atoms with van der Waals surface area (Å²) in [6.45, 7) is 0.348. The Morgan fingerprint density at radius 2 is 1.57 bits per heavy atom. The molecule has 1 heterocycles. The molecule has 0 saturated carbocycles. The van der Waals surface area contributed by atoms with E-state index in [0.29, 0.717) is 17.9 Å². The number of anilines is 1. The quantitative estimate of drug-likeness (QED) is 0.218. The third-order valence-corrected chi connectivity index (χ3v) is 6.53. The van der Waals surface area contributed by atoms with Crippen LogP contribution in [-0.2, 0) is 19.3 Å². The van der Waals surface area contributed by atoms with E-state index in [1.165, 1.54) is 31.6 Å². The first-order chi connectivity index (χ1) is 19.2. The molecule has 1 amide bonds. The number of hydrogen-bond donors (Lipinski definition) is 1. The highest BCUT2D eigenvalue weighted by Crippen LogP contribution is 2.33. The molecule has 0 spiro atoms. The first-order valence-corrected chi connectivity index (χ1v) is 12.4. The van der Waals surface area contributed by atoms with Crippen molar-refractivity contribution in [2.75, 3.05) is 12.4 Å². The average Bonchev–Trinajstić information content (AvgIpc) is 2.96. The second-order valence-corrected chi connectivity index (χ2v) is 9.30. The molecule has 9 heteroatoms. The first kappa shape index (κ1) is 26.8. The van der Waals surface area contributed by atoms with E-state index in [1.54, 1.807) is 12.1 Å². The van der Waals surface area contributed by atoms with Crippen LogP contribution in [0.2, 0.25) is 0 Å². The van der Waals surface area contributed by atoms with Crippen LogP contribution in [0.1, 0.15) is 27.0 Å². The summed E-state index contributed by atoms with van der Waals surface area (Å²) >= 11 is 0.